The molecule has 20 heavy (non-hydrogen) atoms. The molecule has 2 nitrogen and oxygen atoms in total. The fourth-order valence-corrected chi connectivity index (χ4v) is 2.41. The highest BCUT2D eigenvalue weighted by Gasteiger charge is 2.10. The van der Waals surface area contributed by atoms with Crippen LogP contribution >= 0.6 is 15.9 Å². The Bertz CT molecular complexity index is 598. The van der Waals surface area contributed by atoms with Crippen LogP contribution in [0.4, 0.5) is 4.39 Å². The first-order chi connectivity index (χ1) is 9.54. The van der Waals surface area contributed by atoms with Gasteiger partial charge < -0.3 is 5.32 Å². The molecule has 0 aliphatic rings. The number of hydrogen-bond donors (Lipinski definition) is 1. The zero-order chi connectivity index (χ0) is 14.5. The number of hydrogen-bond acceptors (Lipinski definition) is 1. The van der Waals surface area contributed by atoms with Gasteiger partial charge in [0, 0.05) is 4.47 Å². The second-order valence-corrected chi connectivity index (χ2v) is 5.56. The first kappa shape index (κ1) is 14.7. The van der Waals surface area contributed by atoms with Crippen molar-refractivity contribution in [2.45, 2.75) is 19.4 Å². The molecule has 0 spiro atoms. The number of amides is 1. The third-order valence-electron chi connectivity index (χ3n) is 3.00. The molecule has 0 heterocycles. The Morgan fingerprint density at radius 1 is 1.25 bits per heavy atom. The van der Waals surface area contributed by atoms with E-state index in [1.165, 1.54) is 12.1 Å². The van der Waals surface area contributed by atoms with E-state index in [-0.39, 0.29) is 17.8 Å². The summed E-state index contributed by atoms with van der Waals surface area (Å²) in [5, 5.41) is 2.91. The quantitative estimate of drug-likeness (QED) is 0.898. The van der Waals surface area contributed by atoms with Crippen LogP contribution in [0.2, 0.25) is 0 Å². The minimum atomic E-state index is -0.276. The van der Waals surface area contributed by atoms with Crippen LogP contribution in [0.3, 0.4) is 0 Å². The second kappa shape index (κ2) is 6.66. The van der Waals surface area contributed by atoms with Gasteiger partial charge in [-0.15, -0.1) is 0 Å². The first-order valence-electron chi connectivity index (χ1n) is 6.34. The minimum Gasteiger partial charge on any atom is -0.349 e. The summed E-state index contributed by atoms with van der Waals surface area (Å²) in [6.45, 7) is 1.88. The Balaban J connectivity index is 1.95. The summed E-state index contributed by atoms with van der Waals surface area (Å²) in [6.07, 6.45) is 0.324. The molecule has 1 N–H and O–H groups in total. The average Bonchev–Trinajstić information content (AvgIpc) is 2.39. The number of benzene rings is 2. The Hall–Kier alpha value is -1.68. The molecule has 2 aromatic carbocycles. The van der Waals surface area contributed by atoms with Gasteiger partial charge >= 0.3 is 0 Å². The molecule has 1 atom stereocenters. The van der Waals surface area contributed by atoms with Gasteiger partial charge in [-0.2, -0.15) is 0 Å². The molecule has 0 unspecified atom stereocenters. The summed E-state index contributed by atoms with van der Waals surface area (Å²) < 4.78 is 13.8. The number of carbonyl (C=O) groups is 1. The van der Waals surface area contributed by atoms with Crippen molar-refractivity contribution in [1.82, 2.24) is 5.32 Å². The fourth-order valence-electron chi connectivity index (χ4n) is 1.96. The highest BCUT2D eigenvalue weighted by molar-refractivity contribution is 9.10. The molecule has 0 saturated carbocycles. The number of halogens is 2. The Morgan fingerprint density at radius 3 is 2.60 bits per heavy atom. The maximum absolute atomic E-state index is 12.8. The predicted octanol–water partition coefficient (Wildman–Crippen LogP) is 4.01. The van der Waals surface area contributed by atoms with Crippen LogP contribution in [0.5, 0.6) is 0 Å². The van der Waals surface area contributed by atoms with Crippen molar-refractivity contribution in [1.29, 1.82) is 0 Å². The van der Waals surface area contributed by atoms with E-state index in [9.17, 15) is 9.18 Å². The van der Waals surface area contributed by atoms with Crippen molar-refractivity contribution in [3.8, 4) is 0 Å². The monoisotopic (exact) mass is 335 g/mol. The highest BCUT2D eigenvalue weighted by Crippen LogP contribution is 2.15. The third-order valence-corrected chi connectivity index (χ3v) is 3.49. The van der Waals surface area contributed by atoms with Gasteiger partial charge in [0.15, 0.2) is 0 Å². The van der Waals surface area contributed by atoms with E-state index in [4.69, 9.17) is 0 Å². The molecular weight excluding hydrogens is 321 g/mol. The van der Waals surface area contributed by atoms with Crippen molar-refractivity contribution in [2.24, 2.45) is 0 Å². The fraction of sp³-hybridized carbons (Fsp3) is 0.188. The molecule has 0 saturated heterocycles. The van der Waals surface area contributed by atoms with Crippen LogP contribution in [-0.4, -0.2) is 5.91 Å². The molecular formula is C16H15BrFNO. The smallest absolute Gasteiger partial charge is 0.224 e. The summed E-state index contributed by atoms with van der Waals surface area (Å²) in [4.78, 5) is 12.0. The normalized spacial score (nSPS) is 11.9. The minimum absolute atomic E-state index is 0.0556. The molecule has 2 aromatic rings. The van der Waals surface area contributed by atoms with E-state index >= 15 is 0 Å². The summed E-state index contributed by atoms with van der Waals surface area (Å²) in [7, 11) is 0. The van der Waals surface area contributed by atoms with Crippen LogP contribution in [0.1, 0.15) is 24.1 Å². The predicted molar refractivity (Wildman–Crippen MR) is 80.8 cm³/mol. The standard InChI is InChI=1S/C16H15BrFNO/c1-11(13-5-7-15(18)8-6-13)19-16(20)10-12-3-2-4-14(17)9-12/h2-9,11H,10H2,1H3,(H,19,20)/t11-/m1/s1. The van der Waals surface area contributed by atoms with E-state index in [1.807, 2.05) is 31.2 Å². The van der Waals surface area contributed by atoms with Gasteiger partial charge in [0.05, 0.1) is 12.5 Å². The van der Waals surface area contributed by atoms with Gasteiger partial charge in [-0.1, -0.05) is 40.2 Å². The summed E-state index contributed by atoms with van der Waals surface area (Å²) in [6, 6.07) is 13.7. The molecule has 0 radical (unpaired) electrons. The van der Waals surface area contributed by atoms with Gasteiger partial charge in [-0.05, 0) is 42.3 Å². The van der Waals surface area contributed by atoms with Crippen LogP contribution in [0, 0.1) is 5.82 Å². The molecule has 4 heteroatoms. The Kier molecular flexibility index (Phi) is 4.90. The number of nitrogens with one attached hydrogen (secondary N) is 1. The van der Waals surface area contributed by atoms with Gasteiger partial charge in [0.2, 0.25) is 5.91 Å². The van der Waals surface area contributed by atoms with Crippen molar-refractivity contribution < 1.29 is 9.18 Å². The van der Waals surface area contributed by atoms with Crippen LogP contribution < -0.4 is 5.32 Å². The lowest BCUT2D eigenvalue weighted by Crippen LogP contribution is -2.28. The van der Waals surface area contributed by atoms with Gasteiger partial charge in [-0.3, -0.25) is 4.79 Å². The zero-order valence-electron chi connectivity index (χ0n) is 11.1. The maximum Gasteiger partial charge on any atom is 0.224 e. The highest BCUT2D eigenvalue weighted by atomic mass is 79.9. The van der Waals surface area contributed by atoms with Crippen LogP contribution in [-0.2, 0) is 11.2 Å². The van der Waals surface area contributed by atoms with Crippen molar-refractivity contribution >= 4 is 21.8 Å². The van der Waals surface area contributed by atoms with Crippen molar-refractivity contribution in [3.05, 3.63) is 69.9 Å². The van der Waals surface area contributed by atoms with E-state index in [0.29, 0.717) is 6.42 Å². The molecule has 0 fully saturated rings. The second-order valence-electron chi connectivity index (χ2n) is 4.65. The van der Waals surface area contributed by atoms with E-state index < -0.39 is 0 Å². The first-order valence-corrected chi connectivity index (χ1v) is 7.13. The topological polar surface area (TPSA) is 29.1 Å². The molecule has 1 amide bonds. The molecule has 0 aliphatic carbocycles. The van der Waals surface area contributed by atoms with Crippen LogP contribution in [0.15, 0.2) is 53.0 Å². The molecule has 0 aliphatic heterocycles. The van der Waals surface area contributed by atoms with Gasteiger partial charge in [0.1, 0.15) is 5.82 Å². The lowest BCUT2D eigenvalue weighted by atomic mass is 10.1. The van der Waals surface area contributed by atoms with Crippen LogP contribution in [0.25, 0.3) is 0 Å². The Labute approximate surface area is 126 Å². The Morgan fingerprint density at radius 2 is 1.95 bits per heavy atom. The van der Waals surface area contributed by atoms with Gasteiger partial charge in [0.25, 0.3) is 0 Å². The number of carbonyl (C=O) groups excluding carboxylic acids is 1. The summed E-state index contributed by atoms with van der Waals surface area (Å²) in [5.41, 5.74) is 1.83. The van der Waals surface area contributed by atoms with Crippen molar-refractivity contribution in [3.63, 3.8) is 0 Å². The van der Waals surface area contributed by atoms with E-state index in [0.717, 1.165) is 15.6 Å². The molecule has 0 bridgehead atoms. The molecule has 2 rings (SSSR count). The average molecular weight is 336 g/mol. The van der Waals surface area contributed by atoms with Gasteiger partial charge in [-0.25, -0.2) is 4.39 Å². The zero-order valence-corrected chi connectivity index (χ0v) is 12.7. The van der Waals surface area contributed by atoms with E-state index in [1.54, 1.807) is 12.1 Å². The lowest BCUT2D eigenvalue weighted by Gasteiger charge is -2.14. The molecule has 0 aromatic heterocycles. The number of rotatable bonds is 4. The SMILES string of the molecule is C[C@@H](NC(=O)Cc1cccc(Br)c1)c1ccc(F)cc1. The largest absolute Gasteiger partial charge is 0.349 e. The molecule has 104 valence electrons. The maximum atomic E-state index is 12.8. The summed E-state index contributed by atoms with van der Waals surface area (Å²) >= 11 is 3.38. The van der Waals surface area contributed by atoms with Crippen molar-refractivity contribution in [2.75, 3.05) is 0 Å². The summed E-state index contributed by atoms with van der Waals surface area (Å²) in [5.74, 6) is -0.332. The van der Waals surface area contributed by atoms with E-state index in [2.05, 4.69) is 21.2 Å². The third kappa shape index (κ3) is 4.17. The lowest BCUT2D eigenvalue weighted by molar-refractivity contribution is -0.121.